The molecule has 0 aliphatic heterocycles. The van der Waals surface area contributed by atoms with E-state index in [1.165, 1.54) is 12.8 Å². The maximum absolute atomic E-state index is 10.6. The molecule has 0 N–H and O–H groups in total. The predicted octanol–water partition coefficient (Wildman–Crippen LogP) is 4.55. The van der Waals surface area contributed by atoms with Crippen LogP contribution in [-0.2, 0) is 38.9 Å². The molecule has 0 aromatic heterocycles. The zero-order chi connectivity index (χ0) is 25.6. The summed E-state index contributed by atoms with van der Waals surface area (Å²) in [6, 6.07) is 0. The molecule has 0 rings (SSSR count). The van der Waals surface area contributed by atoms with E-state index in [4.69, 9.17) is 0 Å². The van der Waals surface area contributed by atoms with Gasteiger partial charge in [-0.15, -0.1) is 0 Å². The maximum atomic E-state index is 10.6. The molecule has 0 bridgehead atoms. The first-order valence-corrected chi connectivity index (χ1v) is 10.9. The Labute approximate surface area is 216 Å². The van der Waals surface area contributed by atoms with Gasteiger partial charge < -0.3 is 9.47 Å². The summed E-state index contributed by atoms with van der Waals surface area (Å²) in [4.78, 5) is 40.9. The summed E-state index contributed by atoms with van der Waals surface area (Å²) in [6.07, 6.45) is 10.9. The zero-order valence-corrected chi connectivity index (χ0v) is 23.4. The van der Waals surface area contributed by atoms with Crippen LogP contribution in [0.15, 0.2) is 24.3 Å². The molecule has 0 saturated heterocycles. The van der Waals surface area contributed by atoms with E-state index < -0.39 is 23.9 Å². The molecule has 0 amide bonds. The van der Waals surface area contributed by atoms with E-state index in [0.29, 0.717) is 25.4 Å². The summed E-state index contributed by atoms with van der Waals surface area (Å²) in [5.74, 6) is -4.09. The monoisotopic (exact) mass is 576 g/mol. The molecule has 9 heteroatoms. The number of hydrogen-bond acceptors (Lipinski definition) is 6. The van der Waals surface area contributed by atoms with Crippen LogP contribution in [0.4, 0.5) is 0 Å². The number of carbonyl (C=O) groups excluding carboxylic acids is 4. The summed E-state index contributed by atoms with van der Waals surface area (Å²) < 4.78 is 9.23. The summed E-state index contributed by atoms with van der Waals surface area (Å²) in [6.45, 7) is 16.0. The van der Waals surface area contributed by atoms with Crippen LogP contribution in [0.5, 0.6) is 0 Å². The van der Waals surface area contributed by atoms with Crippen LogP contribution in [0.1, 0.15) is 79.1 Å². The number of carbonyl (C=O) groups is 4. The summed E-state index contributed by atoms with van der Waals surface area (Å²) >= 11 is 0. The van der Waals surface area contributed by atoms with E-state index in [0.717, 1.165) is 50.7 Å². The van der Waals surface area contributed by atoms with Crippen molar-refractivity contribution in [3.8, 4) is 0 Å². The smallest absolute Gasteiger partial charge is 0.379 e. The molecule has 8 radical (unpaired) electrons. The van der Waals surface area contributed by atoms with Gasteiger partial charge in [0, 0.05) is 48.2 Å². The normalized spacial score (nSPS) is 9.15. The van der Waals surface area contributed by atoms with Gasteiger partial charge in [0.2, 0.25) is 0 Å². The predicted molar refractivity (Wildman–Crippen MR) is 128 cm³/mol. The molecule has 0 aliphatic carbocycles. The minimum absolute atomic E-state index is 0. The van der Waals surface area contributed by atoms with Gasteiger partial charge in [0.15, 0.2) is 0 Å². The van der Waals surface area contributed by atoms with Crippen molar-refractivity contribution < 1.29 is 38.9 Å². The number of hydrogen-bond donors (Lipinski definition) is 0. The van der Waals surface area contributed by atoms with Crippen LogP contribution in [0, 0.1) is 13.8 Å². The van der Waals surface area contributed by atoms with E-state index in [9.17, 15) is 29.4 Å². The third kappa shape index (κ3) is 58.8. The van der Waals surface area contributed by atoms with Gasteiger partial charge in [-0.2, -0.15) is 0 Å². The fourth-order valence-corrected chi connectivity index (χ4v) is 1.00. The number of ether oxygens (including phenoxy) is 2. The van der Waals surface area contributed by atoms with Crippen molar-refractivity contribution in [3.05, 3.63) is 38.2 Å². The first-order valence-electron chi connectivity index (χ1n) is 10.9. The largest absolute Gasteiger partial charge is 0.463 e. The molecule has 188 valence electrons. The van der Waals surface area contributed by atoms with Crippen molar-refractivity contribution in [2.75, 3.05) is 13.2 Å². The molecule has 0 atom stereocenters. The van der Waals surface area contributed by atoms with Gasteiger partial charge in [0.25, 0.3) is 0 Å². The van der Waals surface area contributed by atoms with Gasteiger partial charge in [0.1, 0.15) is 0 Å². The van der Waals surface area contributed by atoms with Gasteiger partial charge in [-0.1, -0.05) is 80.1 Å². The topological polar surface area (TPSA) is 127 Å². The van der Waals surface area contributed by atoms with Crippen molar-refractivity contribution in [1.82, 2.24) is 0 Å². The van der Waals surface area contributed by atoms with Gasteiger partial charge in [0.05, 0.1) is 13.2 Å². The molecule has 0 spiro atoms. The third-order valence-electron chi connectivity index (χ3n) is 2.90. The Balaban J connectivity index is -0.000000117. The molecule has 0 fully saturated rings. The number of unbranched alkanes of at least 4 members (excludes halogenated alkanes) is 4. The van der Waals surface area contributed by atoms with E-state index in [2.05, 4.69) is 37.2 Å². The fourth-order valence-electron chi connectivity index (χ4n) is 1.00. The Morgan fingerprint density at radius 2 is 0.879 bits per heavy atom. The minimum atomic E-state index is -1.40. The third-order valence-corrected chi connectivity index (χ3v) is 2.90. The van der Waals surface area contributed by atoms with E-state index in [1.54, 1.807) is 0 Å². The zero-order valence-electron chi connectivity index (χ0n) is 20.6. The summed E-state index contributed by atoms with van der Waals surface area (Å²) in [5, 5.41) is 19.7. The average molecular weight is 575 g/mol. The van der Waals surface area contributed by atoms with Crippen molar-refractivity contribution in [2.24, 2.45) is 0 Å². The fraction of sp³-hybridized carbons (Fsp3) is 0.583. The Morgan fingerprint density at radius 1 is 0.606 bits per heavy atom. The Hall–Kier alpha value is -1.84. The molecule has 0 heterocycles. The minimum Gasteiger partial charge on any atom is -0.463 e. The molecule has 33 heavy (non-hydrogen) atoms. The Bertz CT molecular complexity index is 467. The second kappa shape index (κ2) is 37.5. The molecule has 0 aromatic rings. The molecule has 0 unspecified atom stereocenters. The number of rotatable bonds is 12. The molecular weight excluding hydrogens is 535 g/mol. The molecule has 0 aromatic carbocycles. The molecule has 8 nitrogen and oxygen atoms in total. The standard InChI is InChI=1S/2C8H11O4.2C4H9.Sn/c2*1-2-3-6-12-8(11)5-4-7(9)10;2*1-3-4-2;/h2*4-5H,2-3,6H2,1H3;2*1,3-4H2,2H3;/b2*5-4-;;;. The first kappa shape index (κ1) is 41.4. The van der Waals surface area contributed by atoms with Gasteiger partial charge in [-0.3, -0.25) is 0 Å². The van der Waals surface area contributed by atoms with E-state index in [1.807, 2.05) is 13.8 Å². The quantitative estimate of drug-likeness (QED) is 0.146. The van der Waals surface area contributed by atoms with E-state index in [-0.39, 0.29) is 23.9 Å². The Morgan fingerprint density at radius 3 is 1.06 bits per heavy atom. The van der Waals surface area contributed by atoms with Gasteiger partial charge in [-0.05, 0) is 12.8 Å². The summed E-state index contributed by atoms with van der Waals surface area (Å²) in [5.41, 5.74) is 0. The molecule has 0 saturated carbocycles. The molecular formula is C24H40O8Sn. The Kier molecular flexibility index (Phi) is 47.0. The van der Waals surface area contributed by atoms with Gasteiger partial charge >= 0.3 is 23.9 Å². The van der Waals surface area contributed by atoms with Crippen molar-refractivity contribution in [3.63, 3.8) is 0 Å². The van der Waals surface area contributed by atoms with Crippen molar-refractivity contribution >= 4 is 47.8 Å². The number of esters is 2. The summed E-state index contributed by atoms with van der Waals surface area (Å²) in [7, 11) is 0. The van der Waals surface area contributed by atoms with Crippen LogP contribution < -0.4 is 0 Å². The second-order valence-electron chi connectivity index (χ2n) is 6.05. The first-order chi connectivity index (χ1) is 15.2. The van der Waals surface area contributed by atoms with Crippen molar-refractivity contribution in [1.29, 1.82) is 0 Å². The average Bonchev–Trinajstić information content (AvgIpc) is 2.77. The van der Waals surface area contributed by atoms with E-state index >= 15 is 0 Å². The SMILES string of the molecule is CCCCOC(=O)/C=C\C([O])=O.CCCCOC(=O)/C=C\C([O])=O.[CH2]CCC.[CH2]CCC.[Sn]. The van der Waals surface area contributed by atoms with Crippen LogP contribution in [0.2, 0.25) is 0 Å². The van der Waals surface area contributed by atoms with Crippen LogP contribution in [0.3, 0.4) is 0 Å². The van der Waals surface area contributed by atoms with Crippen molar-refractivity contribution in [2.45, 2.75) is 79.1 Å². The van der Waals surface area contributed by atoms with Gasteiger partial charge in [-0.25, -0.2) is 29.4 Å². The van der Waals surface area contributed by atoms with Crippen LogP contribution in [-0.4, -0.2) is 61.0 Å². The van der Waals surface area contributed by atoms with Crippen LogP contribution >= 0.6 is 0 Å². The van der Waals surface area contributed by atoms with Crippen LogP contribution in [0.25, 0.3) is 0 Å². The second-order valence-corrected chi connectivity index (χ2v) is 6.05. The maximum Gasteiger partial charge on any atom is 0.379 e. The molecule has 0 aliphatic rings.